The Morgan fingerprint density at radius 1 is 1.14 bits per heavy atom. The van der Waals surface area contributed by atoms with E-state index in [4.69, 9.17) is 0 Å². The zero-order valence-corrected chi connectivity index (χ0v) is 7.63. The molecule has 0 heterocycles. The van der Waals surface area contributed by atoms with Gasteiger partial charge in [0.1, 0.15) is 0 Å². The average molecular weight is 172 g/mol. The van der Waals surface area contributed by atoms with Crippen molar-refractivity contribution < 1.29 is 0 Å². The van der Waals surface area contributed by atoms with Crippen LogP contribution in [-0.2, 0) is 0 Å². The molecule has 0 saturated heterocycles. The van der Waals surface area contributed by atoms with Crippen molar-refractivity contribution in [3.63, 3.8) is 0 Å². The van der Waals surface area contributed by atoms with Crippen molar-refractivity contribution in [2.24, 2.45) is 0 Å². The van der Waals surface area contributed by atoms with Crippen LogP contribution in [0, 0.1) is 0 Å². The van der Waals surface area contributed by atoms with Gasteiger partial charge >= 0.3 is 0 Å². The summed E-state index contributed by atoms with van der Waals surface area (Å²) in [5.74, 6) is 0. The Morgan fingerprint density at radius 2 is 1.43 bits per heavy atom. The highest BCUT2D eigenvalue weighted by Gasteiger charge is 2.13. The van der Waals surface area contributed by atoms with E-state index in [-0.39, 0.29) is 4.08 Å². The van der Waals surface area contributed by atoms with Crippen molar-refractivity contribution in [2.75, 3.05) is 0 Å². The summed E-state index contributed by atoms with van der Waals surface area (Å²) >= 11 is 8.06. The number of hydrogen-bond donors (Lipinski definition) is 2. The van der Waals surface area contributed by atoms with Gasteiger partial charge in [-0.25, -0.2) is 0 Å². The number of thiol groups is 2. The first kappa shape index (κ1) is 8.40. The smallest absolute Gasteiger partial charge is 0.0756 e. The number of hydrogen-bond acceptors (Lipinski definition) is 4. The Kier molecular flexibility index (Phi) is 4.12. The van der Waals surface area contributed by atoms with Gasteiger partial charge in [-0.2, -0.15) is 0 Å². The van der Waals surface area contributed by atoms with E-state index in [1.54, 1.807) is 0 Å². The lowest BCUT2D eigenvalue weighted by Gasteiger charge is -2.14. The van der Waals surface area contributed by atoms with E-state index in [0.717, 1.165) is 0 Å². The Labute approximate surface area is 62.8 Å². The maximum atomic E-state index is 4.03. The Balaban J connectivity index is 3.36. The standard InChI is InChI=1S/C3H8S4/c1-3(2,6-4)7-5/h4-5H,1-2H3. The summed E-state index contributed by atoms with van der Waals surface area (Å²) < 4.78 is 0.145. The molecule has 0 rings (SSSR count). The first-order valence-electron chi connectivity index (χ1n) is 1.77. The molecule has 0 saturated carbocycles. The Bertz CT molecular complexity index is 44.9. The topological polar surface area (TPSA) is 0 Å². The maximum Gasteiger partial charge on any atom is 0.0756 e. The molecule has 0 atom stereocenters. The second-order valence-corrected chi connectivity index (χ2v) is 5.34. The van der Waals surface area contributed by atoms with E-state index in [1.165, 1.54) is 21.6 Å². The minimum Gasteiger partial charge on any atom is -0.110 e. The lowest BCUT2D eigenvalue weighted by molar-refractivity contribution is 1.05. The second kappa shape index (κ2) is 3.43. The fraction of sp³-hybridized carbons (Fsp3) is 1.00. The van der Waals surface area contributed by atoms with Gasteiger partial charge in [-0.1, -0.05) is 21.6 Å². The summed E-state index contributed by atoms with van der Waals surface area (Å²) in [6, 6.07) is 0. The maximum absolute atomic E-state index is 4.03. The van der Waals surface area contributed by atoms with Crippen LogP contribution in [0.4, 0.5) is 0 Å². The van der Waals surface area contributed by atoms with Gasteiger partial charge in [0.05, 0.1) is 4.08 Å². The van der Waals surface area contributed by atoms with E-state index < -0.39 is 0 Å². The molecule has 7 heavy (non-hydrogen) atoms. The number of rotatable bonds is 2. The molecule has 0 aliphatic rings. The van der Waals surface area contributed by atoms with Crippen LogP contribution in [-0.4, -0.2) is 4.08 Å². The molecule has 0 aliphatic carbocycles. The van der Waals surface area contributed by atoms with Crippen LogP contribution in [0.1, 0.15) is 13.8 Å². The zero-order chi connectivity index (χ0) is 5.91. The molecule has 0 fully saturated rings. The van der Waals surface area contributed by atoms with E-state index in [2.05, 4.69) is 37.2 Å². The Morgan fingerprint density at radius 3 is 1.43 bits per heavy atom. The Hall–Kier alpha value is 1.40. The van der Waals surface area contributed by atoms with E-state index in [0.29, 0.717) is 0 Å². The van der Waals surface area contributed by atoms with Gasteiger partial charge in [-0.15, -0.1) is 23.3 Å². The summed E-state index contributed by atoms with van der Waals surface area (Å²) in [6.45, 7) is 4.14. The molecule has 0 N–H and O–H groups in total. The molecule has 0 aromatic carbocycles. The van der Waals surface area contributed by atoms with Crippen molar-refractivity contribution in [1.29, 1.82) is 0 Å². The van der Waals surface area contributed by atoms with Crippen LogP contribution in [0.25, 0.3) is 0 Å². The van der Waals surface area contributed by atoms with Crippen LogP contribution in [0.2, 0.25) is 0 Å². The normalized spacial score (nSPS) is 12.0. The van der Waals surface area contributed by atoms with E-state index in [1.807, 2.05) is 0 Å². The molecule has 0 spiro atoms. The first-order valence-corrected chi connectivity index (χ1v) is 5.51. The molecule has 0 aromatic rings. The molecule has 0 nitrogen and oxygen atoms in total. The van der Waals surface area contributed by atoms with Gasteiger partial charge in [0.2, 0.25) is 0 Å². The first-order chi connectivity index (χ1) is 3.12. The third-order valence-electron chi connectivity index (χ3n) is 0.440. The van der Waals surface area contributed by atoms with Crippen LogP contribution < -0.4 is 0 Å². The molecule has 0 aliphatic heterocycles. The highest BCUT2D eigenvalue weighted by Crippen LogP contribution is 2.40. The van der Waals surface area contributed by atoms with Crippen LogP contribution >= 0.6 is 44.9 Å². The predicted molar refractivity (Wildman–Crippen MR) is 47.2 cm³/mol. The monoisotopic (exact) mass is 172 g/mol. The van der Waals surface area contributed by atoms with Gasteiger partial charge in [-0.05, 0) is 13.8 Å². The van der Waals surface area contributed by atoms with Gasteiger partial charge < -0.3 is 0 Å². The third-order valence-corrected chi connectivity index (χ3v) is 5.30. The van der Waals surface area contributed by atoms with Gasteiger partial charge in [-0.3, -0.25) is 0 Å². The van der Waals surface area contributed by atoms with Crippen molar-refractivity contribution in [3.8, 4) is 0 Å². The molecule has 4 heteroatoms. The minimum absolute atomic E-state index is 0.145. The lowest BCUT2D eigenvalue weighted by Crippen LogP contribution is -2.01. The van der Waals surface area contributed by atoms with Gasteiger partial charge in [0.25, 0.3) is 0 Å². The summed E-state index contributed by atoms with van der Waals surface area (Å²) in [6.07, 6.45) is 0. The summed E-state index contributed by atoms with van der Waals surface area (Å²) in [7, 11) is 3.02. The van der Waals surface area contributed by atoms with Crippen molar-refractivity contribution in [3.05, 3.63) is 0 Å². The van der Waals surface area contributed by atoms with E-state index >= 15 is 0 Å². The van der Waals surface area contributed by atoms with Crippen molar-refractivity contribution in [1.82, 2.24) is 0 Å². The molecule has 0 aromatic heterocycles. The SMILES string of the molecule is CC(C)(SS)SS. The quantitative estimate of drug-likeness (QED) is 0.373. The molecule has 0 radical (unpaired) electrons. The molecule has 0 amide bonds. The van der Waals surface area contributed by atoms with Crippen molar-refractivity contribution >= 4 is 44.9 Å². The van der Waals surface area contributed by atoms with Crippen LogP contribution in [0.15, 0.2) is 0 Å². The van der Waals surface area contributed by atoms with Crippen LogP contribution in [0.5, 0.6) is 0 Å². The highest BCUT2D eigenvalue weighted by molar-refractivity contribution is 8.78. The third kappa shape index (κ3) is 3.94. The summed E-state index contributed by atoms with van der Waals surface area (Å²) in [5.41, 5.74) is 0. The zero-order valence-electron chi connectivity index (χ0n) is 4.21. The minimum atomic E-state index is 0.145. The molecule has 0 bridgehead atoms. The van der Waals surface area contributed by atoms with Crippen molar-refractivity contribution in [2.45, 2.75) is 17.9 Å². The molecule has 0 unspecified atom stereocenters. The fourth-order valence-electron chi connectivity index (χ4n) is 0.0167. The second-order valence-electron chi connectivity index (χ2n) is 1.58. The fourth-order valence-corrected chi connectivity index (χ4v) is 1.35. The largest absolute Gasteiger partial charge is 0.110 e. The van der Waals surface area contributed by atoms with Gasteiger partial charge in [0, 0.05) is 0 Å². The molecular formula is C3H8S4. The summed E-state index contributed by atoms with van der Waals surface area (Å²) in [5, 5.41) is 0. The van der Waals surface area contributed by atoms with E-state index in [9.17, 15) is 0 Å². The lowest BCUT2D eigenvalue weighted by atomic mass is 10.6. The summed E-state index contributed by atoms with van der Waals surface area (Å²) in [4.78, 5) is 0. The van der Waals surface area contributed by atoms with Crippen LogP contribution in [0.3, 0.4) is 0 Å². The molecular weight excluding hydrogens is 164 g/mol. The van der Waals surface area contributed by atoms with Gasteiger partial charge in [0.15, 0.2) is 0 Å². The predicted octanol–water partition coefficient (Wildman–Crippen LogP) is 2.88. The highest BCUT2D eigenvalue weighted by atomic mass is 33.1. The average Bonchev–Trinajstić information content (AvgIpc) is 1.68. The molecule has 44 valence electrons.